The molecule has 2 aliphatic rings. The van der Waals surface area contributed by atoms with Crippen LogP contribution in [-0.4, -0.2) is 71.7 Å². The van der Waals surface area contributed by atoms with Gasteiger partial charge in [0, 0.05) is 49.6 Å². The van der Waals surface area contributed by atoms with Gasteiger partial charge in [-0.3, -0.25) is 4.90 Å². The van der Waals surface area contributed by atoms with Crippen LogP contribution in [0.4, 0.5) is 5.69 Å². The third-order valence-corrected chi connectivity index (χ3v) is 8.25. The number of para-hydroxylation sites is 1. The van der Waals surface area contributed by atoms with Crippen molar-refractivity contribution in [2.75, 3.05) is 44.7 Å². The summed E-state index contributed by atoms with van der Waals surface area (Å²) in [5, 5.41) is 22.0. The summed E-state index contributed by atoms with van der Waals surface area (Å²) < 4.78 is 0. The molecule has 0 aromatic heterocycles. The number of carboxylic acid groups (broad SMARTS) is 2. The first kappa shape index (κ1) is 27.0. The number of piperazine rings is 1. The van der Waals surface area contributed by atoms with E-state index in [1.54, 1.807) is 50.1 Å². The number of hydrogen-bond donors (Lipinski definition) is 2. The summed E-state index contributed by atoms with van der Waals surface area (Å²) in [7, 11) is 1.70. The fraction of sp³-hybridized carbons (Fsp3) is 0.357. The highest BCUT2D eigenvalue weighted by molar-refractivity contribution is 6.33. The third kappa shape index (κ3) is 4.96. The number of benzene rings is 2. The molecule has 2 heterocycles. The Morgan fingerprint density at radius 3 is 2.03 bits per heavy atom. The minimum atomic E-state index is -1.37. The van der Waals surface area contributed by atoms with Gasteiger partial charge in [-0.05, 0) is 56.6 Å². The van der Waals surface area contributed by atoms with E-state index in [0.29, 0.717) is 33.5 Å². The van der Waals surface area contributed by atoms with Gasteiger partial charge in [-0.25, -0.2) is 9.59 Å². The van der Waals surface area contributed by atoms with E-state index in [4.69, 9.17) is 23.2 Å². The fourth-order valence-corrected chi connectivity index (χ4v) is 6.13. The molecule has 9 heteroatoms. The second-order valence-corrected chi connectivity index (χ2v) is 10.4. The quantitative estimate of drug-likeness (QED) is 0.502. The molecular formula is C28H31Cl2N3O4. The van der Waals surface area contributed by atoms with Crippen LogP contribution in [0.3, 0.4) is 0 Å². The monoisotopic (exact) mass is 543 g/mol. The molecule has 0 aliphatic carbocycles. The van der Waals surface area contributed by atoms with E-state index in [9.17, 15) is 19.8 Å². The first-order valence-corrected chi connectivity index (χ1v) is 12.9. The van der Waals surface area contributed by atoms with Crippen LogP contribution in [0, 0.1) is 0 Å². The average Bonchev–Trinajstić information content (AvgIpc) is 2.86. The predicted molar refractivity (Wildman–Crippen MR) is 146 cm³/mol. The third-order valence-electron chi connectivity index (χ3n) is 7.70. The number of halogens is 2. The lowest BCUT2D eigenvalue weighted by Crippen LogP contribution is -2.50. The Kier molecular flexibility index (Phi) is 7.88. The van der Waals surface area contributed by atoms with Crippen molar-refractivity contribution in [1.29, 1.82) is 0 Å². The molecule has 0 atom stereocenters. The number of hydrogen-bond acceptors (Lipinski definition) is 5. The van der Waals surface area contributed by atoms with E-state index < -0.39 is 17.4 Å². The standard InChI is InChI=1S/C28H31Cl2N3O4/c1-18-24(26(34)35)28(20-7-6-8-21(29)17-20,25(27(36)37)19(2)31(18)3)11-12-32-13-15-33(16-14-32)23-10-5-4-9-22(23)30/h4-10,17H,11-16H2,1-3H3,(H,34,35)(H,36,37). The number of anilines is 1. The van der Waals surface area contributed by atoms with Gasteiger partial charge >= 0.3 is 11.9 Å². The smallest absolute Gasteiger partial charge is 0.334 e. The van der Waals surface area contributed by atoms with E-state index in [1.165, 1.54) is 0 Å². The second-order valence-electron chi connectivity index (χ2n) is 9.54. The number of nitrogens with zero attached hydrogens (tertiary/aromatic N) is 3. The van der Waals surface area contributed by atoms with Gasteiger partial charge in [0.25, 0.3) is 0 Å². The topological polar surface area (TPSA) is 84.3 Å². The molecule has 2 N–H and O–H groups in total. The Morgan fingerprint density at radius 1 is 0.892 bits per heavy atom. The van der Waals surface area contributed by atoms with E-state index in [-0.39, 0.29) is 17.6 Å². The van der Waals surface area contributed by atoms with Crippen LogP contribution in [0.25, 0.3) is 0 Å². The Hall–Kier alpha value is -3.00. The maximum Gasteiger partial charge on any atom is 0.334 e. The molecule has 1 fully saturated rings. The van der Waals surface area contributed by atoms with Crippen LogP contribution in [-0.2, 0) is 15.0 Å². The zero-order chi connectivity index (χ0) is 26.9. The van der Waals surface area contributed by atoms with E-state index in [1.807, 2.05) is 24.3 Å². The van der Waals surface area contributed by atoms with Crippen molar-refractivity contribution >= 4 is 40.8 Å². The van der Waals surface area contributed by atoms with Crippen LogP contribution in [0.2, 0.25) is 10.0 Å². The first-order chi connectivity index (χ1) is 17.6. The van der Waals surface area contributed by atoms with Crippen molar-refractivity contribution in [2.24, 2.45) is 0 Å². The predicted octanol–water partition coefficient (Wildman–Crippen LogP) is 5.11. The normalized spacial score (nSPS) is 18.4. The lowest BCUT2D eigenvalue weighted by Gasteiger charge is -2.45. The molecule has 0 saturated carbocycles. The minimum Gasteiger partial charge on any atom is -0.478 e. The minimum absolute atomic E-state index is 0.0648. The number of rotatable bonds is 7. The Morgan fingerprint density at radius 2 is 1.49 bits per heavy atom. The van der Waals surface area contributed by atoms with Crippen molar-refractivity contribution in [1.82, 2.24) is 9.80 Å². The molecule has 0 bridgehead atoms. The van der Waals surface area contributed by atoms with Crippen LogP contribution >= 0.6 is 23.2 Å². The lowest BCUT2D eigenvalue weighted by molar-refractivity contribution is -0.134. The van der Waals surface area contributed by atoms with Crippen molar-refractivity contribution < 1.29 is 19.8 Å². The zero-order valence-corrected chi connectivity index (χ0v) is 22.7. The highest BCUT2D eigenvalue weighted by Crippen LogP contribution is 2.49. The van der Waals surface area contributed by atoms with E-state index >= 15 is 0 Å². The molecular weight excluding hydrogens is 513 g/mol. The molecule has 2 aliphatic heterocycles. The summed E-state index contributed by atoms with van der Waals surface area (Å²) in [6.07, 6.45) is 0.283. The summed E-state index contributed by atoms with van der Waals surface area (Å²) >= 11 is 12.7. The van der Waals surface area contributed by atoms with Crippen LogP contribution in [0.5, 0.6) is 0 Å². The second kappa shape index (κ2) is 10.8. The van der Waals surface area contributed by atoms with Crippen molar-refractivity contribution in [3.05, 3.63) is 86.7 Å². The Balaban J connectivity index is 1.71. The maximum absolute atomic E-state index is 12.8. The molecule has 2 aromatic carbocycles. The maximum atomic E-state index is 12.8. The molecule has 2 aromatic rings. The molecule has 0 amide bonds. The summed E-state index contributed by atoms with van der Waals surface area (Å²) in [5.74, 6) is -2.28. The van der Waals surface area contributed by atoms with Crippen molar-refractivity contribution in [3.63, 3.8) is 0 Å². The van der Waals surface area contributed by atoms with Gasteiger partial charge in [-0.15, -0.1) is 0 Å². The highest BCUT2D eigenvalue weighted by atomic mass is 35.5. The zero-order valence-electron chi connectivity index (χ0n) is 21.2. The van der Waals surface area contributed by atoms with Crippen LogP contribution < -0.4 is 4.90 Å². The van der Waals surface area contributed by atoms with Gasteiger partial charge in [0.05, 0.1) is 27.3 Å². The van der Waals surface area contributed by atoms with Crippen molar-refractivity contribution in [3.8, 4) is 0 Å². The number of aliphatic carboxylic acids is 2. The molecule has 196 valence electrons. The van der Waals surface area contributed by atoms with Gasteiger partial charge < -0.3 is 20.0 Å². The number of carbonyl (C=O) groups is 2. The number of allylic oxidation sites excluding steroid dienone is 2. The van der Waals surface area contributed by atoms with Crippen LogP contribution in [0.1, 0.15) is 25.8 Å². The molecule has 0 unspecified atom stereocenters. The summed E-state index contributed by atoms with van der Waals surface area (Å²) in [5.41, 5.74) is 1.34. The molecule has 0 spiro atoms. The first-order valence-electron chi connectivity index (χ1n) is 12.2. The number of carboxylic acids is 2. The van der Waals surface area contributed by atoms with Gasteiger partial charge in [0.15, 0.2) is 0 Å². The summed E-state index contributed by atoms with van der Waals surface area (Å²) in [6, 6.07) is 14.7. The Bertz CT molecular complexity index is 1240. The molecule has 0 radical (unpaired) electrons. The van der Waals surface area contributed by atoms with Gasteiger partial charge in [-0.1, -0.05) is 47.5 Å². The molecule has 37 heavy (non-hydrogen) atoms. The molecule has 1 saturated heterocycles. The highest BCUT2D eigenvalue weighted by Gasteiger charge is 2.51. The van der Waals surface area contributed by atoms with Gasteiger partial charge in [0.1, 0.15) is 0 Å². The molecule has 4 rings (SSSR count). The Labute approximate surface area is 227 Å². The van der Waals surface area contributed by atoms with Crippen LogP contribution in [0.15, 0.2) is 71.1 Å². The fourth-order valence-electron chi connectivity index (χ4n) is 5.69. The average molecular weight is 544 g/mol. The lowest BCUT2D eigenvalue weighted by atomic mass is 9.63. The van der Waals surface area contributed by atoms with E-state index in [2.05, 4.69) is 9.80 Å². The summed E-state index contributed by atoms with van der Waals surface area (Å²) in [6.45, 7) is 6.98. The van der Waals surface area contributed by atoms with Gasteiger partial charge in [-0.2, -0.15) is 0 Å². The SMILES string of the molecule is CC1=C(C(=O)O)C(CCN2CCN(c3ccccc3Cl)CC2)(c2cccc(Cl)c2)C(C(=O)O)=C(C)N1C. The van der Waals surface area contributed by atoms with E-state index in [0.717, 1.165) is 31.9 Å². The largest absolute Gasteiger partial charge is 0.478 e. The summed E-state index contributed by atoms with van der Waals surface area (Å²) in [4.78, 5) is 31.7. The molecule has 7 nitrogen and oxygen atoms in total. The van der Waals surface area contributed by atoms with Crippen molar-refractivity contribution in [2.45, 2.75) is 25.7 Å². The van der Waals surface area contributed by atoms with Gasteiger partial charge in [0.2, 0.25) is 0 Å².